The Bertz CT molecular complexity index is 53.1. The lowest BCUT2D eigenvalue weighted by Gasteiger charge is -1.62. The smallest absolute Gasteiger partial charge is 0.309 e. The second kappa shape index (κ2) is 9.25. The zero-order valence-electron chi connectivity index (χ0n) is 3.09. The molecular formula is C2H5N3O. The number of amides is 2. The predicted molar refractivity (Wildman–Crippen MR) is 20.4 cm³/mol. The lowest BCUT2D eigenvalue weighted by molar-refractivity contribution is 0.256. The van der Waals surface area contributed by atoms with Gasteiger partial charge in [0.25, 0.3) is 0 Å². The van der Waals surface area contributed by atoms with Crippen LogP contribution in [0.2, 0.25) is 0 Å². The van der Waals surface area contributed by atoms with Crippen molar-refractivity contribution in [2.75, 3.05) is 0 Å². The van der Waals surface area contributed by atoms with Gasteiger partial charge in [-0.25, -0.2) is 10.1 Å². The summed E-state index contributed by atoms with van der Waals surface area (Å²) in [5.41, 5.74) is 8.50. The Balaban J connectivity index is 0. The second-order valence-electron chi connectivity index (χ2n) is 0.402. The van der Waals surface area contributed by atoms with E-state index in [0.717, 1.165) is 0 Å². The van der Waals surface area contributed by atoms with Gasteiger partial charge in [-0.3, -0.25) is 0 Å². The molecule has 4 heteroatoms. The van der Waals surface area contributed by atoms with E-state index < -0.39 is 6.03 Å². The average molecular weight is 87.1 g/mol. The monoisotopic (exact) mass is 87.0 g/mol. The molecule has 2 amide bonds. The summed E-state index contributed by atoms with van der Waals surface area (Å²) in [6.45, 7) is 3.50. The van der Waals surface area contributed by atoms with E-state index in [-0.39, 0.29) is 0 Å². The first-order valence-corrected chi connectivity index (χ1v) is 1.04. The highest BCUT2D eigenvalue weighted by molar-refractivity contribution is 5.69. The molecule has 0 bridgehead atoms. The molecule has 0 unspecified atom stereocenters. The summed E-state index contributed by atoms with van der Waals surface area (Å²) in [5.74, 6) is 0. The molecule has 0 aromatic carbocycles. The van der Waals surface area contributed by atoms with Gasteiger partial charge in [0.1, 0.15) is 0 Å². The quantitative estimate of drug-likeness (QED) is 0.403. The Labute approximate surface area is 35.3 Å². The number of nitrogens with zero attached hydrogens (tertiary/aromatic N) is 1. The van der Waals surface area contributed by atoms with Crippen LogP contribution in [0.4, 0.5) is 4.79 Å². The number of hydrogen-bond donors (Lipinski definition) is 2. The molecule has 0 aromatic rings. The molecule has 0 fully saturated rings. The Morgan fingerprint density at radius 2 is 1.50 bits per heavy atom. The van der Waals surface area contributed by atoms with E-state index in [4.69, 9.17) is 10.1 Å². The minimum atomic E-state index is -0.833. The van der Waals surface area contributed by atoms with Gasteiger partial charge in [0, 0.05) is 6.57 Å². The van der Waals surface area contributed by atoms with E-state index >= 15 is 0 Å². The SMILES string of the molecule is C#N.NC(N)=O. The molecule has 4 nitrogen and oxygen atoms in total. The normalized spacial score (nSPS) is 4.33. The zero-order chi connectivity index (χ0) is 5.58. The molecule has 0 heterocycles. The Morgan fingerprint density at radius 3 is 1.50 bits per heavy atom. The lowest BCUT2D eigenvalue weighted by atomic mass is 11.2. The van der Waals surface area contributed by atoms with Crippen LogP contribution >= 0.6 is 0 Å². The van der Waals surface area contributed by atoms with Crippen molar-refractivity contribution in [3.8, 4) is 6.57 Å². The van der Waals surface area contributed by atoms with Crippen molar-refractivity contribution >= 4 is 6.03 Å². The number of urea groups is 1. The molecule has 0 rings (SSSR count). The number of rotatable bonds is 0. The minimum Gasteiger partial charge on any atom is -0.352 e. The van der Waals surface area contributed by atoms with E-state index in [2.05, 4.69) is 18.0 Å². The fourth-order valence-corrected chi connectivity index (χ4v) is 0. The van der Waals surface area contributed by atoms with Gasteiger partial charge in [-0.05, 0) is 0 Å². The van der Waals surface area contributed by atoms with Crippen molar-refractivity contribution in [1.29, 1.82) is 5.26 Å². The maximum absolute atomic E-state index is 9.00. The first-order chi connectivity index (χ1) is 2.73. The van der Waals surface area contributed by atoms with E-state index in [1.54, 1.807) is 0 Å². The first-order valence-electron chi connectivity index (χ1n) is 1.04. The standard InChI is InChI=1S/CH4N2O.CHN/c2-1(3)4;1-2/h(H4,2,3,4);1H. The largest absolute Gasteiger partial charge is 0.352 e. The van der Waals surface area contributed by atoms with Crippen molar-refractivity contribution < 1.29 is 4.79 Å². The van der Waals surface area contributed by atoms with Crippen LogP contribution in [-0.2, 0) is 0 Å². The first kappa shape index (κ1) is 8.83. The number of carbonyl (C=O) groups is 1. The fraction of sp³-hybridized carbons (Fsp3) is 0. The maximum Gasteiger partial charge on any atom is 0.309 e. The van der Waals surface area contributed by atoms with Crippen molar-refractivity contribution in [3.05, 3.63) is 0 Å². The molecule has 0 aliphatic heterocycles. The van der Waals surface area contributed by atoms with Gasteiger partial charge in [0.2, 0.25) is 0 Å². The predicted octanol–water partition coefficient (Wildman–Crippen LogP) is -0.836. The van der Waals surface area contributed by atoms with Crippen LogP contribution in [0, 0.1) is 11.8 Å². The molecule has 0 saturated carbocycles. The molecule has 0 aliphatic carbocycles. The number of primary amides is 2. The molecule has 0 aromatic heterocycles. The zero-order valence-corrected chi connectivity index (χ0v) is 3.09. The van der Waals surface area contributed by atoms with E-state index in [0.29, 0.717) is 0 Å². The lowest BCUT2D eigenvalue weighted by Crippen LogP contribution is -2.18. The van der Waals surface area contributed by atoms with Crippen LogP contribution in [0.1, 0.15) is 0 Å². The third kappa shape index (κ3) is 5.56. The average Bonchev–Trinajstić information content (AvgIpc) is 1.41. The Morgan fingerprint density at radius 1 is 1.50 bits per heavy atom. The van der Waals surface area contributed by atoms with E-state index in [1.807, 2.05) is 0 Å². The molecule has 0 radical (unpaired) electrons. The van der Waals surface area contributed by atoms with Gasteiger partial charge in [-0.1, -0.05) is 0 Å². The van der Waals surface area contributed by atoms with Gasteiger partial charge in [0.15, 0.2) is 0 Å². The molecule has 4 N–H and O–H groups in total. The number of hydrogen-bond acceptors (Lipinski definition) is 2. The summed E-state index contributed by atoms with van der Waals surface area (Å²) in [7, 11) is 0. The molecule has 6 heavy (non-hydrogen) atoms. The second-order valence-corrected chi connectivity index (χ2v) is 0.402. The van der Waals surface area contributed by atoms with Gasteiger partial charge in [-0.15, -0.1) is 0 Å². The molecule has 0 atom stereocenters. The van der Waals surface area contributed by atoms with Crippen molar-refractivity contribution in [2.45, 2.75) is 0 Å². The maximum atomic E-state index is 9.00. The van der Waals surface area contributed by atoms with Crippen LogP contribution in [0.15, 0.2) is 0 Å². The summed E-state index contributed by atoms with van der Waals surface area (Å²) in [6.07, 6.45) is 0. The van der Waals surface area contributed by atoms with Crippen LogP contribution in [-0.4, -0.2) is 6.03 Å². The number of nitriles is 1. The minimum absolute atomic E-state index is 0.833. The number of carbonyl (C=O) groups excluding carboxylic acids is 1. The Kier molecular flexibility index (Phi) is 13.6. The van der Waals surface area contributed by atoms with Crippen molar-refractivity contribution in [1.82, 2.24) is 0 Å². The van der Waals surface area contributed by atoms with Crippen LogP contribution in [0.5, 0.6) is 0 Å². The third-order valence-corrected chi connectivity index (χ3v) is 0. The van der Waals surface area contributed by atoms with Gasteiger partial charge in [0.05, 0.1) is 0 Å². The van der Waals surface area contributed by atoms with Crippen LogP contribution < -0.4 is 11.5 Å². The molecule has 34 valence electrons. The van der Waals surface area contributed by atoms with E-state index in [1.165, 1.54) is 0 Å². The Hall–Kier alpha value is -1.24. The topological polar surface area (TPSA) is 92.9 Å². The summed E-state index contributed by atoms with van der Waals surface area (Å²) >= 11 is 0. The van der Waals surface area contributed by atoms with Crippen molar-refractivity contribution in [2.24, 2.45) is 11.5 Å². The van der Waals surface area contributed by atoms with Gasteiger partial charge < -0.3 is 11.5 Å². The summed E-state index contributed by atoms with van der Waals surface area (Å²) in [6, 6.07) is -0.833. The van der Waals surface area contributed by atoms with Gasteiger partial charge >= 0.3 is 6.03 Å². The van der Waals surface area contributed by atoms with Crippen LogP contribution in [0.3, 0.4) is 0 Å². The molecule has 0 saturated heterocycles. The highest BCUT2D eigenvalue weighted by Gasteiger charge is 1.60. The highest BCUT2D eigenvalue weighted by Crippen LogP contribution is 1.25. The summed E-state index contributed by atoms with van der Waals surface area (Å²) in [4.78, 5) is 9.00. The summed E-state index contributed by atoms with van der Waals surface area (Å²) < 4.78 is 0. The van der Waals surface area contributed by atoms with E-state index in [9.17, 15) is 0 Å². The van der Waals surface area contributed by atoms with Gasteiger partial charge in [-0.2, -0.15) is 0 Å². The van der Waals surface area contributed by atoms with Crippen molar-refractivity contribution in [3.63, 3.8) is 0 Å². The third-order valence-electron chi connectivity index (χ3n) is 0. The fourth-order valence-electron chi connectivity index (χ4n) is 0. The highest BCUT2D eigenvalue weighted by atomic mass is 16.2. The molecular weight excluding hydrogens is 82.0 g/mol. The molecule has 0 spiro atoms. The van der Waals surface area contributed by atoms with Crippen LogP contribution in [0.25, 0.3) is 0 Å². The summed E-state index contributed by atoms with van der Waals surface area (Å²) in [5, 5.41) is 6.50. The molecule has 0 aliphatic rings. The number of nitrogens with two attached hydrogens (primary N) is 2.